The highest BCUT2D eigenvalue weighted by atomic mass is 16.5. The number of rotatable bonds is 10. The Morgan fingerprint density at radius 1 is 0.614 bits per heavy atom. The summed E-state index contributed by atoms with van der Waals surface area (Å²) in [6.45, 7) is 8.72. The lowest BCUT2D eigenvalue weighted by atomic mass is 9.92. The number of benzene rings is 4. The number of phenols is 2. The lowest BCUT2D eigenvalue weighted by Crippen LogP contribution is -2.03. The van der Waals surface area contributed by atoms with Gasteiger partial charge in [0.15, 0.2) is 23.0 Å². The molecule has 6 rings (SSSR count). The van der Waals surface area contributed by atoms with Gasteiger partial charge in [0.05, 0.1) is 11.4 Å². The second kappa shape index (κ2) is 12.5. The molecule has 0 fully saturated rings. The van der Waals surface area contributed by atoms with Crippen LogP contribution < -0.4 is 9.47 Å². The summed E-state index contributed by atoms with van der Waals surface area (Å²) in [4.78, 5) is 9.03. The molecule has 4 aromatic carbocycles. The lowest BCUT2D eigenvalue weighted by Gasteiger charge is -2.18. The largest absolute Gasteiger partial charge is 0.504 e. The number of fused-ring (bicyclic) bond motifs is 2. The smallest absolute Gasteiger partial charge is 0.162 e. The summed E-state index contributed by atoms with van der Waals surface area (Å²) in [5.74, 6) is 0.940. The van der Waals surface area contributed by atoms with Crippen LogP contribution in [0.15, 0.2) is 109 Å². The number of hydrogen-bond donors (Lipinski definition) is 2. The van der Waals surface area contributed by atoms with E-state index in [-0.39, 0.29) is 24.7 Å². The molecule has 0 spiro atoms. The molecule has 2 heterocycles. The molecule has 0 atom stereocenters. The summed E-state index contributed by atoms with van der Waals surface area (Å²) in [7, 11) is 0. The maximum absolute atomic E-state index is 11.4. The summed E-state index contributed by atoms with van der Waals surface area (Å²) >= 11 is 0. The first kappa shape index (κ1) is 28.7. The number of hydrogen-bond acceptors (Lipinski definition) is 6. The van der Waals surface area contributed by atoms with E-state index in [9.17, 15) is 10.2 Å². The van der Waals surface area contributed by atoms with Crippen LogP contribution in [0.1, 0.15) is 33.9 Å². The molecule has 6 aromatic rings. The van der Waals surface area contributed by atoms with E-state index in [0.717, 1.165) is 61.0 Å². The van der Waals surface area contributed by atoms with E-state index in [1.54, 1.807) is 0 Å². The minimum Gasteiger partial charge on any atom is -0.504 e. The van der Waals surface area contributed by atoms with Crippen molar-refractivity contribution in [1.29, 1.82) is 0 Å². The van der Waals surface area contributed by atoms with Crippen molar-refractivity contribution in [2.45, 2.75) is 39.9 Å². The number of allylic oxidation sites excluding steroid dienone is 1. The van der Waals surface area contributed by atoms with Crippen LogP contribution in [-0.2, 0) is 26.1 Å². The van der Waals surface area contributed by atoms with Crippen LogP contribution in [0.5, 0.6) is 23.0 Å². The van der Waals surface area contributed by atoms with Crippen molar-refractivity contribution in [3.8, 4) is 23.0 Å². The number of aryl methyl sites for hydroxylation is 2. The number of pyridine rings is 2. The fourth-order valence-electron chi connectivity index (χ4n) is 5.57. The quantitative estimate of drug-likeness (QED) is 0.158. The van der Waals surface area contributed by atoms with Gasteiger partial charge >= 0.3 is 0 Å². The van der Waals surface area contributed by atoms with Gasteiger partial charge in [0.1, 0.15) is 13.2 Å². The third kappa shape index (κ3) is 6.20. The zero-order valence-corrected chi connectivity index (χ0v) is 24.9. The molecule has 220 valence electrons. The SMILES string of the molecule is C=C(Cc1c(O)c(OCc2cccc(C)n2)cc2ccccc12)Cc1c(O)c(OCc2cccc(C)n2)cc2ccccc12. The summed E-state index contributed by atoms with van der Waals surface area (Å²) in [5, 5.41) is 26.6. The fraction of sp³-hybridized carbons (Fsp3) is 0.158. The zero-order valence-electron chi connectivity index (χ0n) is 24.9. The molecule has 0 bridgehead atoms. The van der Waals surface area contributed by atoms with Crippen molar-refractivity contribution in [2.24, 2.45) is 0 Å². The molecule has 0 unspecified atom stereocenters. The average molecular weight is 583 g/mol. The van der Waals surface area contributed by atoms with Crippen molar-refractivity contribution in [1.82, 2.24) is 9.97 Å². The van der Waals surface area contributed by atoms with Gasteiger partial charge < -0.3 is 19.7 Å². The third-order valence-electron chi connectivity index (χ3n) is 7.68. The Morgan fingerprint density at radius 3 is 1.48 bits per heavy atom. The van der Waals surface area contributed by atoms with Crippen molar-refractivity contribution < 1.29 is 19.7 Å². The van der Waals surface area contributed by atoms with Crippen molar-refractivity contribution in [3.63, 3.8) is 0 Å². The van der Waals surface area contributed by atoms with Crippen LogP contribution in [0.2, 0.25) is 0 Å². The lowest BCUT2D eigenvalue weighted by molar-refractivity contribution is 0.284. The Labute approximate surface area is 256 Å². The zero-order chi connectivity index (χ0) is 30.6. The van der Waals surface area contributed by atoms with E-state index in [1.807, 2.05) is 111 Å². The first-order valence-electron chi connectivity index (χ1n) is 14.6. The number of aromatic nitrogens is 2. The topological polar surface area (TPSA) is 84.7 Å². The summed E-state index contributed by atoms with van der Waals surface area (Å²) < 4.78 is 12.2. The van der Waals surface area contributed by atoms with Gasteiger partial charge in [-0.05, 0) is 84.6 Å². The number of aromatic hydroxyl groups is 2. The molecular weight excluding hydrogens is 548 g/mol. The van der Waals surface area contributed by atoms with E-state index >= 15 is 0 Å². The van der Waals surface area contributed by atoms with E-state index in [4.69, 9.17) is 9.47 Å². The molecule has 0 saturated carbocycles. The van der Waals surface area contributed by atoms with Gasteiger partial charge in [-0.2, -0.15) is 0 Å². The average Bonchev–Trinajstić information content (AvgIpc) is 3.02. The molecule has 2 N–H and O–H groups in total. The van der Waals surface area contributed by atoms with E-state index in [2.05, 4.69) is 16.5 Å². The highest BCUT2D eigenvalue weighted by Gasteiger charge is 2.19. The molecule has 0 aliphatic heterocycles. The predicted molar refractivity (Wildman–Crippen MR) is 174 cm³/mol. The van der Waals surface area contributed by atoms with E-state index in [1.165, 1.54) is 0 Å². The second-order valence-electron chi connectivity index (χ2n) is 11.1. The Kier molecular flexibility index (Phi) is 8.15. The molecule has 2 aromatic heterocycles. The molecular formula is C38H34N2O4. The Balaban J connectivity index is 1.29. The third-order valence-corrected chi connectivity index (χ3v) is 7.68. The Morgan fingerprint density at radius 2 is 1.05 bits per heavy atom. The molecule has 0 aliphatic carbocycles. The van der Waals surface area contributed by atoms with Crippen LogP contribution in [-0.4, -0.2) is 20.2 Å². The van der Waals surface area contributed by atoms with Gasteiger partial charge in [0, 0.05) is 22.5 Å². The maximum atomic E-state index is 11.4. The molecule has 6 heteroatoms. The monoisotopic (exact) mass is 582 g/mol. The fourth-order valence-corrected chi connectivity index (χ4v) is 5.57. The minimum absolute atomic E-state index is 0.0781. The number of phenolic OH excluding ortho intramolecular Hbond substituents is 2. The Hall–Kier alpha value is -5.36. The predicted octanol–water partition coefficient (Wildman–Crippen LogP) is 8.31. The van der Waals surface area contributed by atoms with Gasteiger partial charge in [0.25, 0.3) is 0 Å². The van der Waals surface area contributed by atoms with Gasteiger partial charge in [0.2, 0.25) is 0 Å². The van der Waals surface area contributed by atoms with Crippen molar-refractivity contribution in [2.75, 3.05) is 0 Å². The molecule has 0 amide bonds. The van der Waals surface area contributed by atoms with Gasteiger partial charge in [-0.3, -0.25) is 9.97 Å². The standard InChI is InChI=1S/C38H34N2O4/c1-24(18-33-31-16-6-4-12-27(31)20-35(37(33)41)43-22-29-14-8-10-25(2)39-29)19-34-32-17-7-5-13-28(32)21-36(38(34)42)44-23-30-15-9-11-26(3)40-30/h4-17,20-21,41-42H,1,18-19,22-23H2,2-3H3. The van der Waals surface area contributed by atoms with E-state index < -0.39 is 0 Å². The van der Waals surface area contributed by atoms with Crippen LogP contribution >= 0.6 is 0 Å². The second-order valence-corrected chi connectivity index (χ2v) is 11.1. The van der Waals surface area contributed by atoms with Crippen LogP contribution in [0.3, 0.4) is 0 Å². The van der Waals surface area contributed by atoms with Gasteiger partial charge in [-0.15, -0.1) is 0 Å². The Bertz CT molecular complexity index is 1860. The number of ether oxygens (including phenoxy) is 2. The molecule has 6 nitrogen and oxygen atoms in total. The molecule has 44 heavy (non-hydrogen) atoms. The highest BCUT2D eigenvalue weighted by molar-refractivity contribution is 5.91. The highest BCUT2D eigenvalue weighted by Crippen LogP contribution is 2.41. The molecule has 0 aliphatic rings. The molecule has 0 radical (unpaired) electrons. The normalized spacial score (nSPS) is 11.1. The number of nitrogens with zero attached hydrogens (tertiary/aromatic N) is 2. The summed E-state index contributed by atoms with van der Waals surface area (Å²) in [5.41, 5.74) is 5.65. The first-order chi connectivity index (χ1) is 21.4. The van der Waals surface area contributed by atoms with Crippen LogP contribution in [0, 0.1) is 13.8 Å². The van der Waals surface area contributed by atoms with E-state index in [0.29, 0.717) is 24.3 Å². The maximum Gasteiger partial charge on any atom is 0.162 e. The van der Waals surface area contributed by atoms with Gasteiger partial charge in [-0.1, -0.05) is 72.8 Å². The van der Waals surface area contributed by atoms with Gasteiger partial charge in [-0.25, -0.2) is 0 Å². The van der Waals surface area contributed by atoms with Crippen molar-refractivity contribution in [3.05, 3.63) is 143 Å². The van der Waals surface area contributed by atoms with Crippen LogP contribution in [0.25, 0.3) is 21.5 Å². The molecule has 0 saturated heterocycles. The summed E-state index contributed by atoms with van der Waals surface area (Å²) in [6.07, 6.45) is 0.774. The van der Waals surface area contributed by atoms with Crippen LogP contribution in [0.4, 0.5) is 0 Å². The first-order valence-corrected chi connectivity index (χ1v) is 14.6. The summed E-state index contributed by atoms with van der Waals surface area (Å²) in [6, 6.07) is 31.1. The van der Waals surface area contributed by atoms with Crippen molar-refractivity contribution >= 4 is 21.5 Å². The minimum atomic E-state index is 0.0781.